The molecule has 1 heterocycles. The molecule has 0 fully saturated rings. The second kappa shape index (κ2) is 6.44. The summed E-state index contributed by atoms with van der Waals surface area (Å²) in [7, 11) is 0. The van der Waals surface area contributed by atoms with Gasteiger partial charge in [-0.15, -0.1) is 10.2 Å². The van der Waals surface area contributed by atoms with Crippen molar-refractivity contribution in [3.8, 4) is 0 Å². The van der Waals surface area contributed by atoms with Crippen molar-refractivity contribution in [3.05, 3.63) is 5.89 Å². The van der Waals surface area contributed by atoms with Gasteiger partial charge in [0.25, 0.3) is 5.22 Å². The second-order valence-corrected chi connectivity index (χ2v) is 3.91. The van der Waals surface area contributed by atoms with Gasteiger partial charge in [-0.1, -0.05) is 18.7 Å². The second-order valence-electron chi connectivity index (χ2n) is 2.87. The molecular formula is C9H15N3O2S. The first-order valence-corrected chi connectivity index (χ1v) is 5.96. The SMILES string of the molecule is CCNC(=O)CCSc1nnc(CC)o1. The van der Waals surface area contributed by atoms with Crippen molar-refractivity contribution in [2.75, 3.05) is 12.3 Å². The van der Waals surface area contributed by atoms with Crippen LogP contribution in [0.25, 0.3) is 0 Å². The quantitative estimate of drug-likeness (QED) is 0.743. The maximum absolute atomic E-state index is 11.1. The van der Waals surface area contributed by atoms with Gasteiger partial charge >= 0.3 is 0 Å². The summed E-state index contributed by atoms with van der Waals surface area (Å²) in [6, 6.07) is 0. The van der Waals surface area contributed by atoms with Crippen LogP contribution < -0.4 is 5.32 Å². The van der Waals surface area contributed by atoms with E-state index in [1.54, 1.807) is 0 Å². The van der Waals surface area contributed by atoms with Gasteiger partial charge in [-0.25, -0.2) is 0 Å². The number of hydrogen-bond donors (Lipinski definition) is 1. The molecule has 1 aromatic rings. The Labute approximate surface area is 93.0 Å². The third-order valence-corrected chi connectivity index (χ3v) is 2.50. The molecular weight excluding hydrogens is 214 g/mol. The zero-order chi connectivity index (χ0) is 11.1. The molecule has 1 N–H and O–H groups in total. The van der Waals surface area contributed by atoms with E-state index in [0.29, 0.717) is 29.8 Å². The fourth-order valence-electron chi connectivity index (χ4n) is 0.956. The molecule has 0 bridgehead atoms. The largest absolute Gasteiger partial charge is 0.416 e. The minimum Gasteiger partial charge on any atom is -0.416 e. The average Bonchev–Trinajstić information content (AvgIpc) is 2.66. The summed E-state index contributed by atoms with van der Waals surface area (Å²) >= 11 is 1.41. The number of hydrogen-bond acceptors (Lipinski definition) is 5. The smallest absolute Gasteiger partial charge is 0.276 e. The summed E-state index contributed by atoms with van der Waals surface area (Å²) in [4.78, 5) is 11.1. The van der Waals surface area contributed by atoms with E-state index in [4.69, 9.17) is 4.42 Å². The number of nitrogens with one attached hydrogen (secondary N) is 1. The molecule has 0 saturated carbocycles. The lowest BCUT2D eigenvalue weighted by molar-refractivity contribution is -0.120. The molecule has 1 amide bonds. The van der Waals surface area contributed by atoms with Gasteiger partial charge in [0.1, 0.15) is 0 Å². The molecule has 0 aromatic carbocycles. The minimum atomic E-state index is 0.0558. The standard InChI is InChI=1S/C9H15N3O2S/c1-3-8-11-12-9(14-8)15-6-5-7(13)10-4-2/h3-6H2,1-2H3,(H,10,13). The maximum atomic E-state index is 11.1. The van der Waals surface area contributed by atoms with E-state index in [2.05, 4.69) is 15.5 Å². The van der Waals surface area contributed by atoms with E-state index in [1.165, 1.54) is 11.8 Å². The molecule has 0 radical (unpaired) electrons. The van der Waals surface area contributed by atoms with Crippen molar-refractivity contribution in [3.63, 3.8) is 0 Å². The Bertz CT molecular complexity index is 314. The average molecular weight is 229 g/mol. The number of carbonyl (C=O) groups excluding carboxylic acids is 1. The van der Waals surface area contributed by atoms with Crippen molar-refractivity contribution >= 4 is 17.7 Å². The zero-order valence-electron chi connectivity index (χ0n) is 8.95. The lowest BCUT2D eigenvalue weighted by Gasteiger charge is -1.99. The molecule has 0 atom stereocenters. The van der Waals surface area contributed by atoms with E-state index in [0.717, 1.165) is 6.42 Å². The molecule has 84 valence electrons. The van der Waals surface area contributed by atoms with Crippen molar-refractivity contribution in [1.29, 1.82) is 0 Å². The molecule has 0 aliphatic rings. The van der Waals surface area contributed by atoms with Crippen molar-refractivity contribution in [2.24, 2.45) is 0 Å². The monoisotopic (exact) mass is 229 g/mol. The molecule has 15 heavy (non-hydrogen) atoms. The molecule has 5 nitrogen and oxygen atoms in total. The van der Waals surface area contributed by atoms with Crippen LogP contribution in [0.5, 0.6) is 0 Å². The topological polar surface area (TPSA) is 68.0 Å². The molecule has 6 heteroatoms. The van der Waals surface area contributed by atoms with Crippen LogP contribution >= 0.6 is 11.8 Å². The van der Waals surface area contributed by atoms with Crippen molar-refractivity contribution in [2.45, 2.75) is 31.9 Å². The van der Waals surface area contributed by atoms with Crippen LogP contribution in [0, 0.1) is 0 Å². The van der Waals surface area contributed by atoms with Crippen LogP contribution in [0.3, 0.4) is 0 Å². The predicted octanol–water partition coefficient (Wildman–Crippen LogP) is 1.25. The Morgan fingerprint density at radius 3 is 2.87 bits per heavy atom. The first kappa shape index (κ1) is 12.0. The summed E-state index contributed by atoms with van der Waals surface area (Å²) in [5.41, 5.74) is 0. The van der Waals surface area contributed by atoms with Crippen LogP contribution in [0.15, 0.2) is 9.64 Å². The van der Waals surface area contributed by atoms with Crippen molar-refractivity contribution in [1.82, 2.24) is 15.5 Å². The summed E-state index contributed by atoms with van der Waals surface area (Å²) in [5, 5.41) is 10.9. The van der Waals surface area contributed by atoms with Gasteiger partial charge in [-0.3, -0.25) is 4.79 Å². The number of carbonyl (C=O) groups is 1. The van der Waals surface area contributed by atoms with E-state index in [-0.39, 0.29) is 5.91 Å². The number of thioether (sulfide) groups is 1. The molecule has 0 unspecified atom stereocenters. The normalized spacial score (nSPS) is 10.3. The Morgan fingerprint density at radius 2 is 2.27 bits per heavy atom. The first-order chi connectivity index (χ1) is 7.26. The van der Waals surface area contributed by atoms with Gasteiger partial charge < -0.3 is 9.73 Å². The highest BCUT2D eigenvalue weighted by Gasteiger charge is 2.06. The van der Waals surface area contributed by atoms with Crippen LogP contribution in [-0.4, -0.2) is 28.4 Å². The van der Waals surface area contributed by atoms with E-state index >= 15 is 0 Å². The highest BCUT2D eigenvalue weighted by Crippen LogP contribution is 2.16. The summed E-state index contributed by atoms with van der Waals surface area (Å²) in [6.45, 7) is 4.53. The lowest BCUT2D eigenvalue weighted by atomic mass is 10.4. The van der Waals surface area contributed by atoms with Crippen LogP contribution in [0.1, 0.15) is 26.2 Å². The Kier molecular flexibility index (Phi) is 5.17. The summed E-state index contributed by atoms with van der Waals surface area (Å²) in [6.07, 6.45) is 1.21. The first-order valence-electron chi connectivity index (χ1n) is 4.98. The lowest BCUT2D eigenvalue weighted by Crippen LogP contribution is -2.22. The summed E-state index contributed by atoms with van der Waals surface area (Å²) < 4.78 is 5.28. The Morgan fingerprint density at radius 1 is 1.47 bits per heavy atom. The van der Waals surface area contributed by atoms with E-state index in [1.807, 2.05) is 13.8 Å². The Balaban J connectivity index is 2.22. The number of aryl methyl sites for hydroxylation is 1. The third-order valence-electron chi connectivity index (χ3n) is 1.68. The fraction of sp³-hybridized carbons (Fsp3) is 0.667. The molecule has 0 spiro atoms. The summed E-state index contributed by atoms with van der Waals surface area (Å²) in [5.74, 6) is 1.35. The van der Waals surface area contributed by atoms with Crippen LogP contribution in [0.2, 0.25) is 0 Å². The number of nitrogens with zero attached hydrogens (tertiary/aromatic N) is 2. The predicted molar refractivity (Wildman–Crippen MR) is 57.7 cm³/mol. The molecule has 1 aromatic heterocycles. The van der Waals surface area contributed by atoms with Gasteiger partial charge in [0.2, 0.25) is 11.8 Å². The minimum absolute atomic E-state index is 0.0558. The zero-order valence-corrected chi connectivity index (χ0v) is 9.76. The number of amides is 1. The van der Waals surface area contributed by atoms with Crippen molar-refractivity contribution < 1.29 is 9.21 Å². The number of rotatable bonds is 6. The maximum Gasteiger partial charge on any atom is 0.276 e. The highest BCUT2D eigenvalue weighted by atomic mass is 32.2. The van der Waals surface area contributed by atoms with Crippen LogP contribution in [0.4, 0.5) is 0 Å². The Hall–Kier alpha value is -1.04. The fourth-order valence-corrected chi connectivity index (χ4v) is 1.67. The van der Waals surface area contributed by atoms with Gasteiger partial charge in [0.05, 0.1) is 0 Å². The molecule has 0 aliphatic carbocycles. The molecule has 0 aliphatic heterocycles. The van der Waals surface area contributed by atoms with E-state index < -0.39 is 0 Å². The third kappa shape index (κ3) is 4.33. The molecule has 1 rings (SSSR count). The van der Waals surface area contributed by atoms with Gasteiger partial charge in [-0.05, 0) is 6.92 Å². The molecule has 0 saturated heterocycles. The highest BCUT2D eigenvalue weighted by molar-refractivity contribution is 7.99. The van der Waals surface area contributed by atoms with Gasteiger partial charge in [0, 0.05) is 25.1 Å². The van der Waals surface area contributed by atoms with Gasteiger partial charge in [0.15, 0.2) is 0 Å². The van der Waals surface area contributed by atoms with Crippen LogP contribution in [-0.2, 0) is 11.2 Å². The number of aromatic nitrogens is 2. The van der Waals surface area contributed by atoms with Gasteiger partial charge in [-0.2, -0.15) is 0 Å². The van der Waals surface area contributed by atoms with E-state index in [9.17, 15) is 4.79 Å².